The average molecular weight is 237 g/mol. The maximum absolute atomic E-state index is 11.2. The molecule has 0 aliphatic heterocycles. The second-order valence-corrected chi connectivity index (χ2v) is 3.92. The predicted molar refractivity (Wildman–Crippen MR) is 68.2 cm³/mol. The van der Waals surface area contributed by atoms with E-state index in [0.29, 0.717) is 5.82 Å². The molecule has 6 heteroatoms. The maximum Gasteiger partial charge on any atom is 0.239 e. The molecular weight excluding hydrogens is 218 g/mol. The summed E-state index contributed by atoms with van der Waals surface area (Å²) in [5.41, 5.74) is 0.985. The number of hydrogen-bond donors (Lipinski definition) is 3. The van der Waals surface area contributed by atoms with Gasteiger partial charge in [-0.1, -0.05) is 13.8 Å². The van der Waals surface area contributed by atoms with E-state index in [1.165, 1.54) is 6.33 Å². The van der Waals surface area contributed by atoms with Crippen molar-refractivity contribution in [1.82, 2.24) is 15.3 Å². The monoisotopic (exact) mass is 237 g/mol. The number of anilines is 2. The molecule has 1 amide bonds. The number of carbonyl (C=O) groups is 1. The highest BCUT2D eigenvalue weighted by Gasteiger charge is 2.14. The summed E-state index contributed by atoms with van der Waals surface area (Å²) in [6.45, 7) is 4.32. The molecule has 0 saturated heterocycles. The minimum Gasteiger partial charge on any atom is -0.373 e. The first-order valence-electron chi connectivity index (χ1n) is 5.57. The topological polar surface area (TPSA) is 78.9 Å². The third-order valence-corrected chi connectivity index (χ3v) is 2.39. The van der Waals surface area contributed by atoms with Gasteiger partial charge in [0.1, 0.15) is 18.0 Å². The SMILES string of the molecule is CNC(=O)CNc1ncnc(NC)c1C(C)C. The fraction of sp³-hybridized carbons (Fsp3) is 0.545. The summed E-state index contributed by atoms with van der Waals surface area (Å²) in [6.07, 6.45) is 1.48. The van der Waals surface area contributed by atoms with Crippen LogP contribution in [-0.4, -0.2) is 36.5 Å². The van der Waals surface area contributed by atoms with Gasteiger partial charge in [0.15, 0.2) is 0 Å². The highest BCUT2D eigenvalue weighted by Crippen LogP contribution is 2.27. The van der Waals surface area contributed by atoms with Crippen LogP contribution in [0.3, 0.4) is 0 Å². The Hall–Kier alpha value is -1.85. The van der Waals surface area contributed by atoms with E-state index >= 15 is 0 Å². The van der Waals surface area contributed by atoms with Crippen molar-refractivity contribution < 1.29 is 4.79 Å². The quantitative estimate of drug-likeness (QED) is 0.706. The van der Waals surface area contributed by atoms with E-state index in [1.807, 2.05) is 7.05 Å². The van der Waals surface area contributed by atoms with Gasteiger partial charge >= 0.3 is 0 Å². The van der Waals surface area contributed by atoms with Crippen molar-refractivity contribution in [1.29, 1.82) is 0 Å². The lowest BCUT2D eigenvalue weighted by molar-refractivity contribution is -0.118. The molecule has 0 aliphatic carbocycles. The van der Waals surface area contributed by atoms with Gasteiger partial charge in [-0.25, -0.2) is 9.97 Å². The van der Waals surface area contributed by atoms with Crippen LogP contribution in [0.5, 0.6) is 0 Å². The van der Waals surface area contributed by atoms with Gasteiger partial charge in [-0.05, 0) is 5.92 Å². The zero-order valence-corrected chi connectivity index (χ0v) is 10.7. The summed E-state index contributed by atoms with van der Waals surface area (Å²) in [5, 5.41) is 8.60. The van der Waals surface area contributed by atoms with Crippen LogP contribution in [-0.2, 0) is 4.79 Å². The Morgan fingerprint density at radius 1 is 1.29 bits per heavy atom. The molecule has 1 rings (SSSR count). The molecule has 17 heavy (non-hydrogen) atoms. The van der Waals surface area contributed by atoms with E-state index in [4.69, 9.17) is 0 Å². The lowest BCUT2D eigenvalue weighted by atomic mass is 10.0. The van der Waals surface area contributed by atoms with Crippen molar-refractivity contribution in [3.63, 3.8) is 0 Å². The zero-order valence-electron chi connectivity index (χ0n) is 10.7. The van der Waals surface area contributed by atoms with Crippen LogP contribution in [0.15, 0.2) is 6.33 Å². The molecule has 6 nitrogen and oxygen atoms in total. The van der Waals surface area contributed by atoms with Crippen molar-refractivity contribution in [3.05, 3.63) is 11.9 Å². The molecule has 0 aliphatic rings. The van der Waals surface area contributed by atoms with Gasteiger partial charge in [-0.3, -0.25) is 4.79 Å². The third kappa shape index (κ3) is 3.30. The fourth-order valence-corrected chi connectivity index (χ4v) is 1.53. The second-order valence-electron chi connectivity index (χ2n) is 3.92. The fourth-order valence-electron chi connectivity index (χ4n) is 1.53. The van der Waals surface area contributed by atoms with E-state index in [2.05, 4.69) is 39.8 Å². The molecule has 0 bridgehead atoms. The number of carbonyl (C=O) groups excluding carboxylic acids is 1. The molecular formula is C11H19N5O. The first-order chi connectivity index (χ1) is 8.10. The number of rotatable bonds is 5. The molecule has 0 atom stereocenters. The van der Waals surface area contributed by atoms with Crippen molar-refractivity contribution in [2.75, 3.05) is 31.3 Å². The predicted octanol–water partition coefficient (Wildman–Crippen LogP) is 0.800. The highest BCUT2D eigenvalue weighted by atomic mass is 16.1. The summed E-state index contributed by atoms with van der Waals surface area (Å²) >= 11 is 0. The molecule has 0 spiro atoms. The van der Waals surface area contributed by atoms with Crippen molar-refractivity contribution in [3.8, 4) is 0 Å². The summed E-state index contributed by atoms with van der Waals surface area (Å²) in [6, 6.07) is 0. The number of nitrogens with one attached hydrogen (secondary N) is 3. The molecule has 1 aromatic rings. The van der Waals surface area contributed by atoms with Gasteiger partial charge in [0.2, 0.25) is 5.91 Å². The maximum atomic E-state index is 11.2. The molecule has 94 valence electrons. The standard InChI is InChI=1S/C11H19N5O/c1-7(2)9-10(13-4)15-6-16-11(9)14-5-8(17)12-3/h6-7H,5H2,1-4H3,(H,12,17)(H2,13,14,15,16). The Balaban J connectivity index is 2.94. The van der Waals surface area contributed by atoms with Gasteiger partial charge < -0.3 is 16.0 Å². The van der Waals surface area contributed by atoms with Gasteiger partial charge in [-0.2, -0.15) is 0 Å². The van der Waals surface area contributed by atoms with E-state index in [1.54, 1.807) is 7.05 Å². The number of amides is 1. The summed E-state index contributed by atoms with van der Waals surface area (Å²) in [5.74, 6) is 1.67. The van der Waals surface area contributed by atoms with Crippen LogP contribution >= 0.6 is 0 Å². The Morgan fingerprint density at radius 2 is 1.94 bits per heavy atom. The molecule has 3 N–H and O–H groups in total. The van der Waals surface area contributed by atoms with Gasteiger partial charge in [0.05, 0.1) is 6.54 Å². The molecule has 1 aromatic heterocycles. The van der Waals surface area contributed by atoms with E-state index in [9.17, 15) is 4.79 Å². The van der Waals surface area contributed by atoms with Crippen LogP contribution in [0.1, 0.15) is 25.3 Å². The normalized spacial score (nSPS) is 10.2. The van der Waals surface area contributed by atoms with E-state index in [0.717, 1.165) is 11.4 Å². The van der Waals surface area contributed by atoms with Gasteiger partial charge in [0.25, 0.3) is 0 Å². The second kappa shape index (κ2) is 6.03. The number of nitrogens with zero attached hydrogens (tertiary/aromatic N) is 2. The number of aromatic nitrogens is 2. The molecule has 0 radical (unpaired) electrons. The van der Waals surface area contributed by atoms with Crippen LogP contribution in [0.4, 0.5) is 11.6 Å². The Morgan fingerprint density at radius 3 is 2.47 bits per heavy atom. The van der Waals surface area contributed by atoms with E-state index in [-0.39, 0.29) is 18.4 Å². The van der Waals surface area contributed by atoms with Crippen LogP contribution in [0.2, 0.25) is 0 Å². The Kier molecular flexibility index (Phi) is 4.68. The molecule has 0 unspecified atom stereocenters. The van der Waals surface area contributed by atoms with Crippen molar-refractivity contribution >= 4 is 17.5 Å². The first-order valence-corrected chi connectivity index (χ1v) is 5.57. The van der Waals surface area contributed by atoms with Crippen LogP contribution in [0.25, 0.3) is 0 Å². The number of hydrogen-bond acceptors (Lipinski definition) is 5. The molecule has 0 aromatic carbocycles. The van der Waals surface area contributed by atoms with Crippen LogP contribution < -0.4 is 16.0 Å². The Bertz CT molecular complexity index is 391. The number of likely N-dealkylation sites (N-methyl/N-ethyl adjacent to an activating group) is 1. The third-order valence-electron chi connectivity index (χ3n) is 2.39. The largest absolute Gasteiger partial charge is 0.373 e. The lowest BCUT2D eigenvalue weighted by Gasteiger charge is -2.16. The molecule has 0 fully saturated rings. The zero-order chi connectivity index (χ0) is 12.8. The average Bonchev–Trinajstić information content (AvgIpc) is 2.34. The molecule has 1 heterocycles. The minimum absolute atomic E-state index is 0.0793. The van der Waals surface area contributed by atoms with Crippen molar-refractivity contribution in [2.45, 2.75) is 19.8 Å². The first kappa shape index (κ1) is 13.2. The van der Waals surface area contributed by atoms with Gasteiger partial charge in [-0.15, -0.1) is 0 Å². The minimum atomic E-state index is -0.0793. The molecule has 0 saturated carbocycles. The van der Waals surface area contributed by atoms with Crippen molar-refractivity contribution in [2.24, 2.45) is 0 Å². The van der Waals surface area contributed by atoms with Gasteiger partial charge in [0, 0.05) is 19.7 Å². The summed E-state index contributed by atoms with van der Waals surface area (Å²) < 4.78 is 0. The Labute approximate surface area is 101 Å². The highest BCUT2D eigenvalue weighted by molar-refractivity contribution is 5.80. The smallest absolute Gasteiger partial charge is 0.239 e. The van der Waals surface area contributed by atoms with E-state index < -0.39 is 0 Å². The summed E-state index contributed by atoms with van der Waals surface area (Å²) in [4.78, 5) is 19.5. The summed E-state index contributed by atoms with van der Waals surface area (Å²) in [7, 11) is 3.42. The van der Waals surface area contributed by atoms with Crippen LogP contribution in [0, 0.1) is 0 Å². The lowest BCUT2D eigenvalue weighted by Crippen LogP contribution is -2.27.